The highest BCUT2D eigenvalue weighted by Gasteiger charge is 2.17. The number of nitrogens with two attached hydrogens (primary N) is 1. The molecule has 0 bridgehead atoms. The maximum atomic E-state index is 6.35. The SMILES string of the molecule is CCc1nn(CC)c(CC(CSC)NN)c1Cl. The summed E-state index contributed by atoms with van der Waals surface area (Å²) in [6, 6.07) is 0.231. The molecule has 0 radical (unpaired) electrons. The van der Waals surface area contributed by atoms with Crippen LogP contribution >= 0.6 is 23.4 Å². The van der Waals surface area contributed by atoms with Crippen LogP contribution in [0, 0.1) is 0 Å². The van der Waals surface area contributed by atoms with Crippen molar-refractivity contribution in [3.63, 3.8) is 0 Å². The first-order valence-corrected chi connectivity index (χ1v) is 7.64. The van der Waals surface area contributed by atoms with Gasteiger partial charge in [-0.1, -0.05) is 18.5 Å². The predicted molar refractivity (Wildman–Crippen MR) is 75.5 cm³/mol. The molecular formula is C11H21ClN4S. The molecule has 0 aliphatic carbocycles. The Balaban J connectivity index is 2.91. The molecule has 1 aromatic heterocycles. The molecule has 0 aliphatic heterocycles. The van der Waals surface area contributed by atoms with Gasteiger partial charge in [-0.25, -0.2) is 0 Å². The molecule has 0 saturated heterocycles. The fraction of sp³-hybridized carbons (Fsp3) is 0.727. The van der Waals surface area contributed by atoms with Crippen LogP contribution in [0.2, 0.25) is 5.02 Å². The lowest BCUT2D eigenvalue weighted by Gasteiger charge is -2.15. The van der Waals surface area contributed by atoms with Gasteiger partial charge in [0, 0.05) is 24.8 Å². The van der Waals surface area contributed by atoms with E-state index in [0.29, 0.717) is 0 Å². The summed E-state index contributed by atoms with van der Waals surface area (Å²) in [6.07, 6.45) is 3.75. The van der Waals surface area contributed by atoms with Crippen LogP contribution in [0.15, 0.2) is 0 Å². The summed E-state index contributed by atoms with van der Waals surface area (Å²) in [5.41, 5.74) is 4.90. The van der Waals surface area contributed by atoms with E-state index in [9.17, 15) is 0 Å². The van der Waals surface area contributed by atoms with Crippen molar-refractivity contribution in [3.05, 3.63) is 16.4 Å². The summed E-state index contributed by atoms with van der Waals surface area (Å²) in [5.74, 6) is 6.51. The minimum Gasteiger partial charge on any atom is -0.271 e. The molecule has 1 unspecified atom stereocenters. The fourth-order valence-corrected chi connectivity index (χ4v) is 2.78. The van der Waals surface area contributed by atoms with E-state index in [4.69, 9.17) is 17.4 Å². The van der Waals surface area contributed by atoms with Crippen molar-refractivity contribution in [2.75, 3.05) is 12.0 Å². The highest BCUT2D eigenvalue weighted by Crippen LogP contribution is 2.23. The van der Waals surface area contributed by atoms with Gasteiger partial charge in [0.15, 0.2) is 0 Å². The summed E-state index contributed by atoms with van der Waals surface area (Å²) < 4.78 is 1.98. The van der Waals surface area contributed by atoms with Gasteiger partial charge < -0.3 is 0 Å². The molecule has 3 N–H and O–H groups in total. The maximum Gasteiger partial charge on any atom is 0.0850 e. The quantitative estimate of drug-likeness (QED) is 0.590. The number of hydrogen-bond acceptors (Lipinski definition) is 4. The molecule has 1 heterocycles. The Labute approximate surface area is 112 Å². The third kappa shape index (κ3) is 3.61. The molecule has 98 valence electrons. The van der Waals surface area contributed by atoms with Crippen molar-refractivity contribution >= 4 is 23.4 Å². The van der Waals surface area contributed by atoms with Gasteiger partial charge >= 0.3 is 0 Å². The lowest BCUT2D eigenvalue weighted by atomic mass is 10.1. The van der Waals surface area contributed by atoms with Gasteiger partial charge in [-0.15, -0.1) is 0 Å². The van der Waals surface area contributed by atoms with Crippen LogP contribution in [0.4, 0.5) is 0 Å². The topological polar surface area (TPSA) is 55.9 Å². The molecule has 0 fully saturated rings. The Kier molecular flexibility index (Phi) is 6.33. The first-order valence-electron chi connectivity index (χ1n) is 5.86. The second-order valence-corrected chi connectivity index (χ2v) is 5.19. The molecule has 0 aromatic carbocycles. The molecule has 17 heavy (non-hydrogen) atoms. The zero-order chi connectivity index (χ0) is 12.8. The number of aromatic nitrogens is 2. The Hall–Kier alpha value is -0.230. The average Bonchev–Trinajstić information content (AvgIpc) is 2.65. The van der Waals surface area contributed by atoms with Crippen molar-refractivity contribution in [2.24, 2.45) is 5.84 Å². The van der Waals surface area contributed by atoms with E-state index in [1.54, 1.807) is 11.8 Å². The van der Waals surface area contributed by atoms with Gasteiger partial charge in [-0.3, -0.25) is 16.0 Å². The number of hydrazine groups is 1. The Bertz CT molecular complexity index is 353. The van der Waals surface area contributed by atoms with Crippen LogP contribution in [0.1, 0.15) is 25.2 Å². The average molecular weight is 277 g/mol. The minimum atomic E-state index is 0.231. The van der Waals surface area contributed by atoms with Crippen LogP contribution in [-0.4, -0.2) is 27.8 Å². The maximum absolute atomic E-state index is 6.35. The van der Waals surface area contributed by atoms with E-state index in [2.05, 4.69) is 30.6 Å². The standard InChI is InChI=1S/C11H21ClN4S/c1-4-9-11(12)10(16(5-2)15-9)6-8(14-13)7-17-3/h8,14H,4-7,13H2,1-3H3. The van der Waals surface area contributed by atoms with Crippen LogP contribution in [0.3, 0.4) is 0 Å². The van der Waals surface area contributed by atoms with Gasteiger partial charge in [0.25, 0.3) is 0 Å². The van der Waals surface area contributed by atoms with Gasteiger partial charge in [-0.2, -0.15) is 16.9 Å². The summed E-state index contributed by atoms with van der Waals surface area (Å²) in [7, 11) is 0. The second-order valence-electron chi connectivity index (χ2n) is 3.90. The second kappa shape index (κ2) is 7.26. The summed E-state index contributed by atoms with van der Waals surface area (Å²) in [6.45, 7) is 4.98. The lowest BCUT2D eigenvalue weighted by Crippen LogP contribution is -2.39. The van der Waals surface area contributed by atoms with E-state index < -0.39 is 0 Å². The van der Waals surface area contributed by atoms with E-state index >= 15 is 0 Å². The van der Waals surface area contributed by atoms with Gasteiger partial charge in [0.05, 0.1) is 16.4 Å². The molecule has 6 heteroatoms. The first-order chi connectivity index (χ1) is 8.17. The predicted octanol–water partition coefficient (Wildman–Crippen LogP) is 1.86. The normalized spacial score (nSPS) is 13.0. The van der Waals surface area contributed by atoms with Crippen LogP contribution in [0.5, 0.6) is 0 Å². The van der Waals surface area contributed by atoms with Gasteiger partial charge in [-0.05, 0) is 19.6 Å². The fourth-order valence-electron chi connectivity index (χ4n) is 1.81. The van der Waals surface area contributed by atoms with Crippen LogP contribution in [-0.2, 0) is 19.4 Å². The summed E-state index contributed by atoms with van der Waals surface area (Å²) in [4.78, 5) is 0. The number of aryl methyl sites for hydroxylation is 2. The van der Waals surface area contributed by atoms with E-state index in [1.165, 1.54) is 0 Å². The van der Waals surface area contributed by atoms with Gasteiger partial charge in [0.2, 0.25) is 0 Å². The Morgan fingerprint density at radius 1 is 1.53 bits per heavy atom. The number of nitrogens with zero attached hydrogens (tertiary/aromatic N) is 2. The van der Waals surface area contributed by atoms with E-state index in [-0.39, 0.29) is 6.04 Å². The Morgan fingerprint density at radius 2 is 2.24 bits per heavy atom. The molecule has 1 rings (SSSR count). The van der Waals surface area contributed by atoms with Gasteiger partial charge in [0.1, 0.15) is 0 Å². The third-order valence-electron chi connectivity index (χ3n) is 2.74. The van der Waals surface area contributed by atoms with Crippen molar-refractivity contribution in [2.45, 2.75) is 39.3 Å². The molecular weight excluding hydrogens is 256 g/mol. The van der Waals surface area contributed by atoms with Crippen molar-refractivity contribution in [1.82, 2.24) is 15.2 Å². The van der Waals surface area contributed by atoms with Crippen LogP contribution in [0.25, 0.3) is 0 Å². The molecule has 0 aliphatic rings. The molecule has 0 amide bonds. The number of hydrogen-bond donors (Lipinski definition) is 2. The van der Waals surface area contributed by atoms with Crippen LogP contribution < -0.4 is 11.3 Å². The molecule has 4 nitrogen and oxygen atoms in total. The number of thioether (sulfide) groups is 1. The van der Waals surface area contributed by atoms with E-state index in [0.717, 1.165) is 41.5 Å². The van der Waals surface area contributed by atoms with Crippen molar-refractivity contribution in [3.8, 4) is 0 Å². The smallest absolute Gasteiger partial charge is 0.0850 e. The van der Waals surface area contributed by atoms with E-state index in [1.807, 2.05) is 4.68 Å². The first kappa shape index (κ1) is 14.8. The Morgan fingerprint density at radius 3 is 2.71 bits per heavy atom. The third-order valence-corrected chi connectivity index (χ3v) is 3.91. The lowest BCUT2D eigenvalue weighted by molar-refractivity contribution is 0.534. The molecule has 0 saturated carbocycles. The summed E-state index contributed by atoms with van der Waals surface area (Å²) in [5, 5.41) is 5.31. The number of nitrogens with one attached hydrogen (secondary N) is 1. The molecule has 0 spiro atoms. The zero-order valence-corrected chi connectivity index (χ0v) is 12.2. The molecule has 1 atom stereocenters. The minimum absolute atomic E-state index is 0.231. The zero-order valence-electron chi connectivity index (χ0n) is 10.7. The van der Waals surface area contributed by atoms with Crippen molar-refractivity contribution < 1.29 is 0 Å². The molecule has 1 aromatic rings. The highest BCUT2D eigenvalue weighted by atomic mass is 35.5. The number of rotatable bonds is 7. The summed E-state index contributed by atoms with van der Waals surface area (Å²) >= 11 is 8.12. The highest BCUT2D eigenvalue weighted by molar-refractivity contribution is 7.98. The largest absolute Gasteiger partial charge is 0.271 e. The number of halogens is 1. The van der Waals surface area contributed by atoms with Crippen molar-refractivity contribution in [1.29, 1.82) is 0 Å². The monoisotopic (exact) mass is 276 g/mol.